The molecule has 25 heavy (non-hydrogen) atoms. The van der Waals surface area contributed by atoms with Crippen LogP contribution in [0.1, 0.15) is 51.6 Å². The van der Waals surface area contributed by atoms with Gasteiger partial charge in [-0.2, -0.15) is 0 Å². The Labute approximate surface area is 148 Å². The molecule has 2 heterocycles. The minimum Gasteiger partial charge on any atom is -0.356 e. The van der Waals surface area contributed by atoms with Crippen molar-refractivity contribution >= 4 is 16.8 Å². The average molecular weight is 346 g/mol. The van der Waals surface area contributed by atoms with Crippen LogP contribution < -0.4 is 0 Å². The quantitative estimate of drug-likeness (QED) is 0.736. The lowest BCUT2D eigenvalue weighted by molar-refractivity contribution is -0.113. The molecule has 136 valence electrons. The zero-order chi connectivity index (χ0) is 18.4. The van der Waals surface area contributed by atoms with Gasteiger partial charge in [0.1, 0.15) is 5.82 Å². The number of carbonyl (C=O) groups is 1. The molecule has 1 aliphatic rings. The number of benzene rings is 1. The first-order valence-electron chi connectivity index (χ1n) is 9.00. The molecule has 0 N–H and O–H groups in total. The third-order valence-electron chi connectivity index (χ3n) is 4.66. The Hall–Kier alpha value is -2.01. The van der Waals surface area contributed by atoms with Crippen molar-refractivity contribution in [3.05, 3.63) is 41.9 Å². The highest BCUT2D eigenvalue weighted by Crippen LogP contribution is 2.32. The number of hydrogen-bond donors (Lipinski definition) is 0. The number of ketones is 1. The largest absolute Gasteiger partial charge is 0.356 e. The van der Waals surface area contributed by atoms with Crippen LogP contribution >= 0.6 is 0 Å². The Bertz CT molecular complexity index is 730. The summed E-state index contributed by atoms with van der Waals surface area (Å²) in [6.45, 7) is 12.2. The van der Waals surface area contributed by atoms with Crippen LogP contribution in [0, 0.1) is 5.82 Å². The summed E-state index contributed by atoms with van der Waals surface area (Å²) in [6, 6.07) is 4.58. The normalized spacial score (nSPS) is 15.7. The maximum Gasteiger partial charge on any atom is 0.170 e. The summed E-state index contributed by atoms with van der Waals surface area (Å²) in [4.78, 5) is 13.6. The predicted octanol–water partition coefficient (Wildman–Crippen LogP) is 4.71. The standard InChI is InChI=1S/C18H21FN2O2.C2H6/c1-12(13(2)22)5-8-21-9-6-14(7-10-21)18-16-4-3-15(19)11-17(16)23-20-18;1-2/h3-4,11,14H,1,5-10H2,2H3;1-2H3. The summed E-state index contributed by atoms with van der Waals surface area (Å²) in [7, 11) is 0. The van der Waals surface area contributed by atoms with Gasteiger partial charge in [-0.25, -0.2) is 4.39 Å². The molecule has 1 aromatic carbocycles. The molecule has 0 atom stereocenters. The minimum absolute atomic E-state index is 0.0705. The smallest absolute Gasteiger partial charge is 0.170 e. The Morgan fingerprint density at radius 3 is 2.68 bits per heavy atom. The van der Waals surface area contributed by atoms with E-state index in [9.17, 15) is 9.18 Å². The van der Waals surface area contributed by atoms with Gasteiger partial charge in [-0.3, -0.25) is 4.79 Å². The number of rotatable bonds is 5. The number of halogens is 1. The highest BCUT2D eigenvalue weighted by atomic mass is 19.1. The van der Waals surface area contributed by atoms with Gasteiger partial charge in [0, 0.05) is 23.9 Å². The first-order valence-corrected chi connectivity index (χ1v) is 9.00. The number of nitrogens with zero attached hydrogens (tertiary/aromatic N) is 2. The van der Waals surface area contributed by atoms with Crippen LogP contribution in [-0.4, -0.2) is 35.5 Å². The number of hydrogen-bond acceptors (Lipinski definition) is 4. The lowest BCUT2D eigenvalue weighted by atomic mass is 9.91. The highest BCUT2D eigenvalue weighted by molar-refractivity contribution is 5.92. The number of Topliss-reactive ketones (excluding diaryl/α,β-unsaturated/α-hetero) is 1. The van der Waals surface area contributed by atoms with Crippen molar-refractivity contribution in [1.29, 1.82) is 0 Å². The van der Waals surface area contributed by atoms with E-state index in [4.69, 9.17) is 4.52 Å². The zero-order valence-electron chi connectivity index (χ0n) is 15.3. The van der Waals surface area contributed by atoms with Gasteiger partial charge >= 0.3 is 0 Å². The van der Waals surface area contributed by atoms with E-state index < -0.39 is 0 Å². The van der Waals surface area contributed by atoms with Crippen LogP contribution in [-0.2, 0) is 4.79 Å². The number of carbonyl (C=O) groups excluding carboxylic acids is 1. The maximum atomic E-state index is 13.2. The van der Waals surface area contributed by atoms with Crippen LogP contribution in [0.2, 0.25) is 0 Å². The Morgan fingerprint density at radius 1 is 1.36 bits per heavy atom. The first-order chi connectivity index (χ1) is 12.0. The second kappa shape index (κ2) is 8.90. The topological polar surface area (TPSA) is 46.3 Å². The summed E-state index contributed by atoms with van der Waals surface area (Å²) >= 11 is 0. The van der Waals surface area contributed by atoms with E-state index in [0.717, 1.165) is 50.0 Å². The van der Waals surface area contributed by atoms with Gasteiger partial charge in [-0.15, -0.1) is 0 Å². The third kappa shape index (κ3) is 4.75. The molecular formula is C20H27FN2O2. The number of likely N-dealkylation sites (tertiary alicyclic amines) is 1. The lowest BCUT2D eigenvalue weighted by Crippen LogP contribution is -2.34. The first kappa shape index (κ1) is 19.3. The zero-order valence-corrected chi connectivity index (χ0v) is 15.3. The van der Waals surface area contributed by atoms with E-state index >= 15 is 0 Å². The van der Waals surface area contributed by atoms with E-state index in [-0.39, 0.29) is 11.6 Å². The number of aromatic nitrogens is 1. The van der Waals surface area contributed by atoms with Crippen molar-refractivity contribution in [2.24, 2.45) is 0 Å². The molecular weight excluding hydrogens is 319 g/mol. The van der Waals surface area contributed by atoms with E-state index in [0.29, 0.717) is 17.1 Å². The van der Waals surface area contributed by atoms with Crippen LogP contribution in [0.15, 0.2) is 34.9 Å². The SMILES string of the molecule is C=C(CCN1CCC(c2noc3cc(F)ccc23)CC1)C(C)=O.CC. The summed E-state index contributed by atoms with van der Waals surface area (Å²) in [5.74, 6) is 0.107. The average Bonchev–Trinajstić information content (AvgIpc) is 3.04. The van der Waals surface area contributed by atoms with Gasteiger partial charge in [0.15, 0.2) is 11.4 Å². The molecule has 1 aliphatic heterocycles. The van der Waals surface area contributed by atoms with E-state index in [1.165, 1.54) is 12.1 Å². The summed E-state index contributed by atoms with van der Waals surface area (Å²) in [6.07, 6.45) is 2.71. The van der Waals surface area contributed by atoms with Gasteiger partial charge in [-0.05, 0) is 57.0 Å². The molecule has 0 saturated carbocycles. The Balaban J connectivity index is 0.00000109. The van der Waals surface area contributed by atoms with Crippen molar-refractivity contribution in [2.45, 2.75) is 46.0 Å². The molecule has 0 spiro atoms. The molecule has 2 aromatic rings. The second-order valence-electron chi connectivity index (χ2n) is 6.23. The second-order valence-corrected chi connectivity index (χ2v) is 6.23. The molecule has 1 aromatic heterocycles. The van der Waals surface area contributed by atoms with Crippen LogP contribution in [0.5, 0.6) is 0 Å². The van der Waals surface area contributed by atoms with Gasteiger partial charge < -0.3 is 9.42 Å². The van der Waals surface area contributed by atoms with Crippen LogP contribution in [0.3, 0.4) is 0 Å². The monoisotopic (exact) mass is 346 g/mol. The van der Waals surface area contributed by atoms with E-state index in [2.05, 4.69) is 16.6 Å². The Morgan fingerprint density at radius 2 is 2.04 bits per heavy atom. The molecule has 5 heteroatoms. The third-order valence-corrected chi connectivity index (χ3v) is 4.66. The van der Waals surface area contributed by atoms with Gasteiger partial charge in [0.05, 0.1) is 5.69 Å². The molecule has 0 aliphatic carbocycles. The molecule has 0 amide bonds. The molecule has 4 nitrogen and oxygen atoms in total. The summed E-state index contributed by atoms with van der Waals surface area (Å²) in [5, 5.41) is 5.08. The number of fused-ring (bicyclic) bond motifs is 1. The summed E-state index contributed by atoms with van der Waals surface area (Å²) in [5.41, 5.74) is 2.14. The van der Waals surface area contributed by atoms with Crippen molar-refractivity contribution in [3.63, 3.8) is 0 Å². The lowest BCUT2D eigenvalue weighted by Gasteiger charge is -2.31. The van der Waals surface area contributed by atoms with Gasteiger partial charge in [-0.1, -0.05) is 25.6 Å². The Kier molecular flexibility index (Phi) is 6.88. The highest BCUT2D eigenvalue weighted by Gasteiger charge is 2.25. The van der Waals surface area contributed by atoms with Crippen molar-refractivity contribution in [2.75, 3.05) is 19.6 Å². The van der Waals surface area contributed by atoms with E-state index in [1.54, 1.807) is 13.0 Å². The maximum absolute atomic E-state index is 13.2. The van der Waals surface area contributed by atoms with Crippen molar-refractivity contribution < 1.29 is 13.7 Å². The molecule has 3 rings (SSSR count). The fraction of sp³-hybridized carbons (Fsp3) is 0.500. The van der Waals surface area contributed by atoms with Crippen molar-refractivity contribution in [1.82, 2.24) is 10.1 Å². The molecule has 0 radical (unpaired) electrons. The van der Waals surface area contributed by atoms with Gasteiger partial charge in [0.2, 0.25) is 0 Å². The molecule has 1 saturated heterocycles. The minimum atomic E-state index is -0.305. The van der Waals surface area contributed by atoms with Crippen LogP contribution in [0.25, 0.3) is 11.0 Å². The molecule has 1 fully saturated rings. The summed E-state index contributed by atoms with van der Waals surface area (Å²) < 4.78 is 18.5. The van der Waals surface area contributed by atoms with Gasteiger partial charge in [0.25, 0.3) is 0 Å². The van der Waals surface area contributed by atoms with Crippen LogP contribution in [0.4, 0.5) is 4.39 Å². The predicted molar refractivity (Wildman–Crippen MR) is 98.2 cm³/mol. The fourth-order valence-electron chi connectivity index (χ4n) is 3.12. The number of piperidine rings is 1. The van der Waals surface area contributed by atoms with E-state index in [1.807, 2.05) is 13.8 Å². The molecule has 0 unspecified atom stereocenters. The fourth-order valence-corrected chi connectivity index (χ4v) is 3.12. The van der Waals surface area contributed by atoms with Crippen molar-refractivity contribution in [3.8, 4) is 0 Å². The molecule has 0 bridgehead atoms.